The summed E-state index contributed by atoms with van der Waals surface area (Å²) in [6, 6.07) is 9.15. The zero-order valence-electron chi connectivity index (χ0n) is 17.6. The van der Waals surface area contributed by atoms with Crippen molar-refractivity contribution in [3.05, 3.63) is 58.4 Å². The summed E-state index contributed by atoms with van der Waals surface area (Å²) in [6.45, 7) is 8.08. The summed E-state index contributed by atoms with van der Waals surface area (Å²) in [6.07, 6.45) is 0. The predicted molar refractivity (Wildman–Crippen MR) is 106 cm³/mol. The first-order valence-corrected chi connectivity index (χ1v) is 9.24. The molecule has 0 saturated carbocycles. The lowest BCUT2D eigenvalue weighted by Crippen LogP contribution is -2.33. The van der Waals surface area contributed by atoms with E-state index in [2.05, 4.69) is 5.32 Å². The van der Waals surface area contributed by atoms with Crippen LogP contribution in [-0.4, -0.2) is 31.8 Å². The second-order valence-corrected chi connectivity index (χ2v) is 7.77. The maximum Gasteiger partial charge on any atom is 0.339 e. The van der Waals surface area contributed by atoms with E-state index in [-0.39, 0.29) is 5.57 Å². The van der Waals surface area contributed by atoms with Crippen LogP contribution in [-0.2, 0) is 28.6 Å². The summed E-state index contributed by atoms with van der Waals surface area (Å²) in [4.78, 5) is 37.3. The number of methoxy groups -OCH3 is 1. The summed E-state index contributed by atoms with van der Waals surface area (Å²) in [5, 5.41) is 3.05. The van der Waals surface area contributed by atoms with E-state index in [0.29, 0.717) is 17.0 Å². The van der Waals surface area contributed by atoms with Gasteiger partial charge in [0.05, 0.1) is 29.6 Å². The summed E-state index contributed by atoms with van der Waals surface area (Å²) in [5.74, 6) is -2.38. The first kappa shape index (κ1) is 22.2. The number of hydrogen-bond donors (Lipinski definition) is 1. The van der Waals surface area contributed by atoms with Crippen LogP contribution >= 0.6 is 0 Å². The SMILES string of the molecule is COC(=O)C1=C(C)NC(C)=C(C(=O)OCOC(=O)C(C)(C)C)[C@H]1c1ccccc1. The van der Waals surface area contributed by atoms with E-state index in [1.807, 2.05) is 30.3 Å². The molecule has 0 bridgehead atoms. The Kier molecular flexibility index (Phi) is 6.84. The number of esters is 3. The zero-order valence-corrected chi connectivity index (χ0v) is 17.6. The lowest BCUT2D eigenvalue weighted by atomic mass is 9.80. The third-order valence-corrected chi connectivity index (χ3v) is 4.51. The molecule has 1 N–H and O–H groups in total. The van der Waals surface area contributed by atoms with Gasteiger partial charge >= 0.3 is 17.9 Å². The minimum absolute atomic E-state index is 0.258. The van der Waals surface area contributed by atoms with Gasteiger partial charge in [-0.1, -0.05) is 30.3 Å². The van der Waals surface area contributed by atoms with E-state index < -0.39 is 36.0 Å². The number of allylic oxidation sites excluding steroid dienone is 2. The largest absolute Gasteiger partial charge is 0.466 e. The maximum absolute atomic E-state index is 12.9. The van der Waals surface area contributed by atoms with Gasteiger partial charge in [-0.2, -0.15) is 0 Å². The summed E-state index contributed by atoms with van der Waals surface area (Å²) in [7, 11) is 1.29. The van der Waals surface area contributed by atoms with Crippen molar-refractivity contribution in [1.82, 2.24) is 5.32 Å². The molecule has 2 rings (SSSR count). The monoisotopic (exact) mass is 401 g/mol. The van der Waals surface area contributed by atoms with Crippen molar-refractivity contribution >= 4 is 17.9 Å². The van der Waals surface area contributed by atoms with Crippen molar-refractivity contribution in [3.8, 4) is 0 Å². The van der Waals surface area contributed by atoms with Crippen LogP contribution in [0.15, 0.2) is 52.9 Å². The second-order valence-electron chi connectivity index (χ2n) is 7.77. The van der Waals surface area contributed by atoms with Crippen molar-refractivity contribution in [2.75, 3.05) is 13.9 Å². The molecule has 156 valence electrons. The third-order valence-electron chi connectivity index (χ3n) is 4.51. The van der Waals surface area contributed by atoms with E-state index in [0.717, 1.165) is 5.56 Å². The normalized spacial score (nSPS) is 16.8. The fraction of sp³-hybridized carbons (Fsp3) is 0.409. The Morgan fingerprint density at radius 1 is 0.931 bits per heavy atom. The lowest BCUT2D eigenvalue weighted by molar-refractivity contribution is -0.171. The molecule has 0 unspecified atom stereocenters. The topological polar surface area (TPSA) is 90.9 Å². The van der Waals surface area contributed by atoms with Gasteiger partial charge < -0.3 is 19.5 Å². The molecule has 1 aromatic rings. The molecule has 0 radical (unpaired) electrons. The number of ether oxygens (including phenoxy) is 3. The molecule has 7 nitrogen and oxygen atoms in total. The second kappa shape index (κ2) is 8.94. The quantitative estimate of drug-likeness (QED) is 0.598. The minimum atomic E-state index is -0.710. The van der Waals surface area contributed by atoms with Crippen LogP contribution in [0, 0.1) is 5.41 Å². The highest BCUT2D eigenvalue weighted by Gasteiger charge is 2.37. The van der Waals surface area contributed by atoms with Crippen molar-refractivity contribution in [2.24, 2.45) is 5.41 Å². The van der Waals surface area contributed by atoms with E-state index in [9.17, 15) is 14.4 Å². The number of nitrogens with one attached hydrogen (secondary N) is 1. The highest BCUT2D eigenvalue weighted by atomic mass is 16.7. The van der Waals surface area contributed by atoms with Crippen LogP contribution in [0.3, 0.4) is 0 Å². The van der Waals surface area contributed by atoms with Crippen LogP contribution in [0.1, 0.15) is 46.1 Å². The molecule has 1 aliphatic heterocycles. The molecule has 0 amide bonds. The summed E-state index contributed by atoms with van der Waals surface area (Å²) >= 11 is 0. The number of carbonyl (C=O) groups excluding carboxylic acids is 3. The minimum Gasteiger partial charge on any atom is -0.466 e. The van der Waals surface area contributed by atoms with Crippen molar-refractivity contribution in [2.45, 2.75) is 40.5 Å². The van der Waals surface area contributed by atoms with Crippen LogP contribution < -0.4 is 5.32 Å². The smallest absolute Gasteiger partial charge is 0.339 e. The Morgan fingerprint density at radius 3 is 2.00 bits per heavy atom. The molecule has 0 aliphatic carbocycles. The molecule has 0 spiro atoms. The van der Waals surface area contributed by atoms with Gasteiger partial charge in [0.25, 0.3) is 0 Å². The van der Waals surface area contributed by atoms with Crippen molar-refractivity contribution < 1.29 is 28.6 Å². The number of hydrogen-bond acceptors (Lipinski definition) is 7. The number of benzene rings is 1. The summed E-state index contributed by atoms with van der Waals surface area (Å²) < 4.78 is 15.2. The van der Waals surface area contributed by atoms with Crippen LogP contribution in [0.2, 0.25) is 0 Å². The average Bonchev–Trinajstić information content (AvgIpc) is 2.66. The lowest BCUT2D eigenvalue weighted by Gasteiger charge is -2.30. The molecule has 7 heteroatoms. The first-order chi connectivity index (χ1) is 13.6. The molecular weight excluding hydrogens is 374 g/mol. The molecular formula is C22H27NO6. The predicted octanol–water partition coefficient (Wildman–Crippen LogP) is 3.18. The molecule has 1 aromatic carbocycles. The van der Waals surface area contributed by atoms with Crippen LogP contribution in [0.5, 0.6) is 0 Å². The molecule has 1 heterocycles. The van der Waals surface area contributed by atoms with E-state index in [4.69, 9.17) is 14.2 Å². The standard InChI is InChI=1S/C22H27NO6/c1-13-16(19(24)27-6)18(15-10-8-7-9-11-15)17(14(2)23-13)20(25)28-12-29-21(26)22(3,4)5/h7-11,18,23H,12H2,1-6H3/t18-/m0/s1. The average molecular weight is 401 g/mol. The van der Waals surface area contributed by atoms with E-state index >= 15 is 0 Å². The van der Waals surface area contributed by atoms with E-state index in [1.165, 1.54) is 7.11 Å². The van der Waals surface area contributed by atoms with E-state index in [1.54, 1.807) is 34.6 Å². The van der Waals surface area contributed by atoms with Gasteiger partial charge in [0, 0.05) is 11.4 Å². The Balaban J connectivity index is 2.35. The van der Waals surface area contributed by atoms with Gasteiger partial charge in [-0.3, -0.25) is 4.79 Å². The maximum atomic E-state index is 12.9. The molecule has 1 aliphatic rings. The molecule has 29 heavy (non-hydrogen) atoms. The molecule has 0 saturated heterocycles. The van der Waals surface area contributed by atoms with Crippen LogP contribution in [0.25, 0.3) is 0 Å². The first-order valence-electron chi connectivity index (χ1n) is 9.24. The Bertz CT molecular complexity index is 861. The fourth-order valence-corrected chi connectivity index (χ4v) is 3.05. The number of carbonyl (C=O) groups is 3. The van der Waals surface area contributed by atoms with Crippen molar-refractivity contribution in [3.63, 3.8) is 0 Å². The number of dihydropyridines is 1. The van der Waals surface area contributed by atoms with Gasteiger partial charge in [-0.15, -0.1) is 0 Å². The summed E-state index contributed by atoms with van der Waals surface area (Å²) in [5.41, 5.74) is 1.76. The zero-order chi connectivity index (χ0) is 21.8. The molecule has 1 atom stereocenters. The van der Waals surface area contributed by atoms with Gasteiger partial charge in [-0.05, 0) is 40.2 Å². The van der Waals surface area contributed by atoms with Gasteiger partial charge in [-0.25, -0.2) is 9.59 Å². The van der Waals surface area contributed by atoms with Gasteiger partial charge in [0.1, 0.15) is 0 Å². The van der Waals surface area contributed by atoms with Gasteiger partial charge in [0.15, 0.2) is 0 Å². The molecule has 0 aromatic heterocycles. The van der Waals surface area contributed by atoms with Crippen LogP contribution in [0.4, 0.5) is 0 Å². The Hall–Kier alpha value is -3.09. The Labute approximate surface area is 170 Å². The van der Waals surface area contributed by atoms with Crippen molar-refractivity contribution in [1.29, 1.82) is 0 Å². The highest BCUT2D eigenvalue weighted by Crippen LogP contribution is 2.39. The number of rotatable bonds is 5. The highest BCUT2D eigenvalue weighted by molar-refractivity contribution is 5.99. The van der Waals surface area contributed by atoms with Gasteiger partial charge in [0.2, 0.25) is 6.79 Å². The fourth-order valence-electron chi connectivity index (χ4n) is 3.05. The Morgan fingerprint density at radius 2 is 1.48 bits per heavy atom. The molecule has 0 fully saturated rings. The third kappa shape index (κ3) is 5.04.